The zero-order valence-corrected chi connectivity index (χ0v) is 15.2. The summed E-state index contributed by atoms with van der Waals surface area (Å²) in [5, 5.41) is 0. The number of aromatic nitrogens is 2. The van der Waals surface area contributed by atoms with Crippen LogP contribution in [0.5, 0.6) is 0 Å². The molecule has 1 unspecified atom stereocenters. The summed E-state index contributed by atoms with van der Waals surface area (Å²) >= 11 is 0. The van der Waals surface area contributed by atoms with Gasteiger partial charge in [-0.15, -0.1) is 0 Å². The lowest BCUT2D eigenvalue weighted by Gasteiger charge is -2.21. The van der Waals surface area contributed by atoms with Gasteiger partial charge in [0.1, 0.15) is 5.82 Å². The minimum atomic E-state index is -4.51. The number of hydrogen-bond acceptors (Lipinski definition) is 5. The maximum Gasteiger partial charge on any atom is 0.416 e. The minimum absolute atomic E-state index is 0.0226. The van der Waals surface area contributed by atoms with Gasteiger partial charge in [-0.25, -0.2) is 4.79 Å². The maximum atomic E-state index is 13.6. The first-order chi connectivity index (χ1) is 13.3. The Morgan fingerprint density at radius 2 is 1.89 bits per heavy atom. The van der Waals surface area contributed by atoms with Crippen molar-refractivity contribution < 1.29 is 13.2 Å². The lowest BCUT2D eigenvalue weighted by Crippen LogP contribution is -2.29. The molecule has 2 fully saturated rings. The Bertz CT molecular complexity index is 930. The number of hydrogen-bond donors (Lipinski definition) is 2. The summed E-state index contributed by atoms with van der Waals surface area (Å²) in [6.45, 7) is 3.11. The van der Waals surface area contributed by atoms with Gasteiger partial charge in [-0.05, 0) is 54.5 Å². The second kappa shape index (κ2) is 6.89. The molecule has 2 aliphatic rings. The number of alkyl halides is 3. The summed E-state index contributed by atoms with van der Waals surface area (Å²) in [7, 11) is 0. The van der Waals surface area contributed by atoms with Crippen LogP contribution in [-0.4, -0.2) is 40.6 Å². The van der Waals surface area contributed by atoms with E-state index in [1.165, 1.54) is 24.4 Å². The second-order valence-electron chi connectivity index (χ2n) is 7.58. The SMILES string of the molecule is NCC1[C@H]2CN(CCc3ccc(-n4ccc(N)nc4=O)cc3C(F)(F)F)C[C@@H]12. The van der Waals surface area contributed by atoms with Crippen molar-refractivity contribution >= 4 is 5.82 Å². The standard InChI is InChI=1S/C19H22F3N5O/c20-19(21,22)16-7-12(27-6-4-17(24)25-18(27)28)2-1-11(16)3-5-26-9-14-13(8-23)15(14)10-26/h1-2,4,6-7,13-15H,3,5,8-10,23H2,(H2,24,25,28)/t13?,14-,15+. The third-order valence-corrected chi connectivity index (χ3v) is 5.92. The van der Waals surface area contributed by atoms with Gasteiger partial charge in [-0.2, -0.15) is 18.2 Å². The van der Waals surface area contributed by atoms with Crippen molar-refractivity contribution in [3.05, 3.63) is 52.1 Å². The molecule has 1 aliphatic carbocycles. The molecule has 9 heteroatoms. The van der Waals surface area contributed by atoms with Gasteiger partial charge in [-0.1, -0.05) is 6.07 Å². The van der Waals surface area contributed by atoms with Crippen LogP contribution in [0, 0.1) is 17.8 Å². The quantitative estimate of drug-likeness (QED) is 0.804. The molecule has 0 bridgehead atoms. The molecular weight excluding hydrogens is 371 g/mol. The predicted octanol–water partition coefficient (Wildman–Crippen LogP) is 1.51. The molecule has 1 aromatic carbocycles. The Morgan fingerprint density at radius 1 is 1.18 bits per heavy atom. The second-order valence-corrected chi connectivity index (χ2v) is 7.58. The van der Waals surface area contributed by atoms with E-state index in [1.54, 1.807) is 0 Å². The first-order valence-electron chi connectivity index (χ1n) is 9.26. The molecule has 1 saturated heterocycles. The highest BCUT2D eigenvalue weighted by Crippen LogP contribution is 2.50. The zero-order valence-electron chi connectivity index (χ0n) is 15.2. The Morgan fingerprint density at radius 3 is 2.50 bits per heavy atom. The Kier molecular flexibility index (Phi) is 4.67. The molecule has 28 heavy (non-hydrogen) atoms. The molecular formula is C19H22F3N5O. The average molecular weight is 393 g/mol. The van der Waals surface area contributed by atoms with E-state index in [2.05, 4.69) is 9.88 Å². The minimum Gasteiger partial charge on any atom is -0.383 e. The number of likely N-dealkylation sites (tertiary alicyclic amines) is 1. The Labute approximate surface area is 160 Å². The third-order valence-electron chi connectivity index (χ3n) is 5.92. The van der Waals surface area contributed by atoms with Gasteiger partial charge in [0.25, 0.3) is 0 Å². The molecule has 3 atom stereocenters. The van der Waals surface area contributed by atoms with E-state index in [0.29, 0.717) is 37.3 Å². The fraction of sp³-hybridized carbons (Fsp3) is 0.474. The van der Waals surface area contributed by atoms with Crippen LogP contribution in [0.4, 0.5) is 19.0 Å². The van der Waals surface area contributed by atoms with Gasteiger partial charge in [0.05, 0.1) is 11.3 Å². The summed E-state index contributed by atoms with van der Waals surface area (Å²) < 4.78 is 41.9. The molecule has 150 valence electrons. The highest BCUT2D eigenvalue weighted by atomic mass is 19.4. The van der Waals surface area contributed by atoms with Crippen LogP contribution in [0.2, 0.25) is 0 Å². The van der Waals surface area contributed by atoms with Crippen LogP contribution in [0.25, 0.3) is 5.69 Å². The molecule has 1 aliphatic heterocycles. The first kappa shape index (κ1) is 18.9. The van der Waals surface area contributed by atoms with E-state index in [0.717, 1.165) is 23.7 Å². The van der Waals surface area contributed by atoms with Crippen molar-refractivity contribution in [3.63, 3.8) is 0 Å². The summed E-state index contributed by atoms with van der Waals surface area (Å²) in [6, 6.07) is 5.33. The number of benzene rings is 1. The number of nitrogens with zero attached hydrogens (tertiary/aromatic N) is 3. The molecule has 2 heterocycles. The van der Waals surface area contributed by atoms with E-state index in [9.17, 15) is 18.0 Å². The fourth-order valence-corrected chi connectivity index (χ4v) is 4.36. The predicted molar refractivity (Wildman–Crippen MR) is 98.9 cm³/mol. The monoisotopic (exact) mass is 393 g/mol. The van der Waals surface area contributed by atoms with E-state index >= 15 is 0 Å². The number of anilines is 1. The molecule has 4 N–H and O–H groups in total. The highest BCUT2D eigenvalue weighted by molar-refractivity contribution is 5.43. The van der Waals surface area contributed by atoms with Gasteiger partial charge in [0.15, 0.2) is 0 Å². The highest BCUT2D eigenvalue weighted by Gasteiger charge is 2.54. The third kappa shape index (κ3) is 3.51. The van der Waals surface area contributed by atoms with Crippen LogP contribution in [0.1, 0.15) is 11.1 Å². The molecule has 6 nitrogen and oxygen atoms in total. The summed E-state index contributed by atoms with van der Waals surface area (Å²) in [5.74, 6) is 1.83. The van der Waals surface area contributed by atoms with Gasteiger partial charge in [0, 0.05) is 25.8 Å². The largest absolute Gasteiger partial charge is 0.416 e. The van der Waals surface area contributed by atoms with Crippen molar-refractivity contribution in [2.24, 2.45) is 23.5 Å². The van der Waals surface area contributed by atoms with Gasteiger partial charge >= 0.3 is 11.9 Å². The van der Waals surface area contributed by atoms with E-state index in [1.807, 2.05) is 0 Å². The van der Waals surface area contributed by atoms with Crippen molar-refractivity contribution in [1.29, 1.82) is 0 Å². The number of rotatable bonds is 5. The van der Waals surface area contributed by atoms with Crippen molar-refractivity contribution in [2.75, 3.05) is 31.9 Å². The Hall–Kier alpha value is -2.39. The fourth-order valence-electron chi connectivity index (χ4n) is 4.36. The number of nitrogen functional groups attached to an aromatic ring is 1. The molecule has 1 aromatic heterocycles. The molecule has 2 aromatic rings. The van der Waals surface area contributed by atoms with Gasteiger partial charge in [-0.3, -0.25) is 4.57 Å². The first-order valence-corrected chi connectivity index (χ1v) is 9.26. The summed E-state index contributed by atoms with van der Waals surface area (Å²) in [4.78, 5) is 17.7. The molecule has 1 saturated carbocycles. The average Bonchev–Trinajstić information content (AvgIpc) is 3.11. The number of nitrogens with two attached hydrogens (primary N) is 2. The van der Waals surface area contributed by atoms with E-state index < -0.39 is 17.4 Å². The normalized spacial score (nSPS) is 24.4. The van der Waals surface area contributed by atoms with E-state index in [-0.39, 0.29) is 17.1 Å². The van der Waals surface area contributed by atoms with Gasteiger partial charge in [0.2, 0.25) is 0 Å². The van der Waals surface area contributed by atoms with Crippen LogP contribution in [0.3, 0.4) is 0 Å². The van der Waals surface area contributed by atoms with E-state index in [4.69, 9.17) is 11.5 Å². The number of piperidine rings is 1. The van der Waals surface area contributed by atoms with Crippen molar-refractivity contribution in [1.82, 2.24) is 14.5 Å². The molecule has 4 rings (SSSR count). The summed E-state index contributed by atoms with van der Waals surface area (Å²) in [6.07, 6.45) is -2.88. The van der Waals surface area contributed by atoms with Crippen molar-refractivity contribution in [3.8, 4) is 5.69 Å². The van der Waals surface area contributed by atoms with Crippen LogP contribution in [0.15, 0.2) is 35.3 Å². The number of fused-ring (bicyclic) bond motifs is 1. The molecule has 0 amide bonds. The van der Waals surface area contributed by atoms with Gasteiger partial charge < -0.3 is 16.4 Å². The van der Waals surface area contributed by atoms with Crippen LogP contribution in [-0.2, 0) is 12.6 Å². The topological polar surface area (TPSA) is 90.2 Å². The van der Waals surface area contributed by atoms with Crippen LogP contribution < -0.4 is 17.2 Å². The Balaban J connectivity index is 1.53. The van der Waals surface area contributed by atoms with Crippen LogP contribution >= 0.6 is 0 Å². The molecule has 0 spiro atoms. The zero-order chi connectivity index (χ0) is 20.1. The maximum absolute atomic E-state index is 13.6. The molecule has 0 radical (unpaired) electrons. The van der Waals surface area contributed by atoms with Crippen molar-refractivity contribution in [2.45, 2.75) is 12.6 Å². The summed E-state index contributed by atoms with van der Waals surface area (Å²) in [5.41, 5.74) is 10.0. The lowest BCUT2D eigenvalue weighted by atomic mass is 10.0. The number of halogens is 3. The lowest BCUT2D eigenvalue weighted by molar-refractivity contribution is -0.138. The smallest absolute Gasteiger partial charge is 0.383 e.